The Morgan fingerprint density at radius 1 is 1.12 bits per heavy atom. The van der Waals surface area contributed by atoms with Crippen LogP contribution >= 0.6 is 0 Å². The van der Waals surface area contributed by atoms with Gasteiger partial charge in [-0.15, -0.1) is 0 Å². The molecule has 0 aliphatic rings. The molecule has 0 N–H and O–H groups in total. The zero-order valence-corrected chi connectivity index (χ0v) is 10.5. The highest BCUT2D eigenvalue weighted by atomic mass is 15.1. The standard InChI is InChI=1S/C12H14N2.C2H6/c1-10-8-13-9-14(10)11(2)12-6-4-3-5-7-12;1-2/h3-9,11H,1-2H3;1-2H3. The fraction of sp³-hybridized carbons (Fsp3) is 0.357. The minimum absolute atomic E-state index is 0.360. The first-order chi connectivity index (χ1) is 7.79. The molecule has 0 saturated carbocycles. The van der Waals surface area contributed by atoms with Crippen LogP contribution < -0.4 is 0 Å². The van der Waals surface area contributed by atoms with Crippen LogP contribution in [0.5, 0.6) is 0 Å². The molecule has 0 bridgehead atoms. The number of aromatic nitrogens is 2. The molecule has 86 valence electrons. The summed E-state index contributed by atoms with van der Waals surface area (Å²) in [5, 5.41) is 0. The molecule has 0 amide bonds. The molecule has 16 heavy (non-hydrogen) atoms. The van der Waals surface area contributed by atoms with Crippen molar-refractivity contribution in [3.63, 3.8) is 0 Å². The van der Waals surface area contributed by atoms with Gasteiger partial charge in [0.2, 0.25) is 0 Å². The summed E-state index contributed by atoms with van der Waals surface area (Å²) >= 11 is 0. The van der Waals surface area contributed by atoms with Gasteiger partial charge >= 0.3 is 0 Å². The number of rotatable bonds is 2. The first-order valence-electron chi connectivity index (χ1n) is 5.82. The van der Waals surface area contributed by atoms with Crippen molar-refractivity contribution >= 4 is 0 Å². The van der Waals surface area contributed by atoms with E-state index in [1.807, 2.05) is 32.4 Å². The van der Waals surface area contributed by atoms with Gasteiger partial charge in [0.05, 0.1) is 12.4 Å². The van der Waals surface area contributed by atoms with Gasteiger partial charge in [0.15, 0.2) is 0 Å². The molecular weight excluding hydrogens is 196 g/mol. The summed E-state index contributed by atoms with van der Waals surface area (Å²) in [5.41, 5.74) is 2.51. The van der Waals surface area contributed by atoms with Crippen LogP contribution in [0.15, 0.2) is 42.9 Å². The fourth-order valence-corrected chi connectivity index (χ4v) is 1.67. The molecule has 0 aliphatic carbocycles. The zero-order chi connectivity index (χ0) is 12.0. The predicted octanol–water partition coefficient (Wildman–Crippen LogP) is 3.83. The Kier molecular flexibility index (Phi) is 4.77. The molecule has 1 aromatic heterocycles. The second-order valence-electron chi connectivity index (χ2n) is 3.53. The topological polar surface area (TPSA) is 17.8 Å². The van der Waals surface area contributed by atoms with E-state index in [9.17, 15) is 0 Å². The van der Waals surface area contributed by atoms with Gasteiger partial charge in [-0.2, -0.15) is 0 Å². The van der Waals surface area contributed by atoms with Crippen molar-refractivity contribution in [3.05, 3.63) is 54.1 Å². The number of benzene rings is 1. The average Bonchev–Trinajstić information content (AvgIpc) is 2.78. The van der Waals surface area contributed by atoms with Crippen molar-refractivity contribution in [2.75, 3.05) is 0 Å². The van der Waals surface area contributed by atoms with E-state index in [0.717, 1.165) is 0 Å². The molecule has 0 spiro atoms. The number of aryl methyl sites for hydroxylation is 1. The van der Waals surface area contributed by atoms with Crippen LogP contribution in [0.1, 0.15) is 38.1 Å². The molecule has 1 heterocycles. The largest absolute Gasteiger partial charge is 0.328 e. The highest BCUT2D eigenvalue weighted by Crippen LogP contribution is 2.18. The number of imidazole rings is 1. The van der Waals surface area contributed by atoms with Crippen LogP contribution in [0.3, 0.4) is 0 Å². The zero-order valence-electron chi connectivity index (χ0n) is 10.5. The molecule has 0 saturated heterocycles. The van der Waals surface area contributed by atoms with Crippen molar-refractivity contribution in [1.82, 2.24) is 9.55 Å². The summed E-state index contributed by atoms with van der Waals surface area (Å²) in [7, 11) is 0. The summed E-state index contributed by atoms with van der Waals surface area (Å²) < 4.78 is 2.18. The average molecular weight is 216 g/mol. The maximum absolute atomic E-state index is 4.13. The minimum Gasteiger partial charge on any atom is -0.328 e. The Morgan fingerprint density at radius 3 is 2.25 bits per heavy atom. The van der Waals surface area contributed by atoms with E-state index < -0.39 is 0 Å². The highest BCUT2D eigenvalue weighted by molar-refractivity contribution is 5.20. The Balaban J connectivity index is 0.000000606. The minimum atomic E-state index is 0.360. The SMILES string of the molecule is CC.Cc1cncn1C(C)c1ccccc1. The van der Waals surface area contributed by atoms with E-state index in [1.54, 1.807) is 0 Å². The van der Waals surface area contributed by atoms with Crippen LogP contribution in [-0.4, -0.2) is 9.55 Å². The van der Waals surface area contributed by atoms with Gasteiger partial charge in [0, 0.05) is 11.9 Å². The van der Waals surface area contributed by atoms with Crippen LogP contribution in [0.4, 0.5) is 0 Å². The van der Waals surface area contributed by atoms with Crippen LogP contribution in [0.2, 0.25) is 0 Å². The Bertz CT molecular complexity index is 404. The molecule has 0 fully saturated rings. The molecule has 0 aliphatic heterocycles. The van der Waals surface area contributed by atoms with Crippen LogP contribution in [0.25, 0.3) is 0 Å². The smallest absolute Gasteiger partial charge is 0.0953 e. The number of nitrogens with zero attached hydrogens (tertiary/aromatic N) is 2. The molecule has 1 aromatic carbocycles. The van der Waals surface area contributed by atoms with Crippen molar-refractivity contribution in [1.29, 1.82) is 0 Å². The van der Waals surface area contributed by atoms with Gasteiger partial charge in [-0.3, -0.25) is 0 Å². The summed E-state index contributed by atoms with van der Waals surface area (Å²) in [6.07, 6.45) is 3.77. The van der Waals surface area contributed by atoms with Crippen molar-refractivity contribution in [3.8, 4) is 0 Å². The van der Waals surface area contributed by atoms with Crippen molar-refractivity contribution in [2.24, 2.45) is 0 Å². The third-order valence-corrected chi connectivity index (χ3v) is 2.56. The van der Waals surface area contributed by atoms with Gasteiger partial charge in [0.25, 0.3) is 0 Å². The second kappa shape index (κ2) is 6.11. The summed E-state index contributed by atoms with van der Waals surface area (Å²) in [5.74, 6) is 0. The maximum atomic E-state index is 4.13. The molecule has 2 rings (SSSR count). The Hall–Kier alpha value is -1.57. The first kappa shape index (κ1) is 12.5. The highest BCUT2D eigenvalue weighted by Gasteiger charge is 2.07. The number of hydrogen-bond acceptors (Lipinski definition) is 1. The molecule has 0 radical (unpaired) electrons. The normalized spacial score (nSPS) is 11.5. The summed E-state index contributed by atoms with van der Waals surface area (Å²) in [6, 6.07) is 10.8. The van der Waals surface area contributed by atoms with Crippen LogP contribution in [0, 0.1) is 6.92 Å². The lowest BCUT2D eigenvalue weighted by Crippen LogP contribution is -2.06. The third-order valence-electron chi connectivity index (χ3n) is 2.56. The van der Waals surface area contributed by atoms with E-state index in [-0.39, 0.29) is 0 Å². The quantitative estimate of drug-likeness (QED) is 0.746. The first-order valence-corrected chi connectivity index (χ1v) is 5.82. The lowest BCUT2D eigenvalue weighted by molar-refractivity contribution is 0.622. The van der Waals surface area contributed by atoms with E-state index in [1.165, 1.54) is 11.3 Å². The lowest BCUT2D eigenvalue weighted by atomic mass is 10.1. The Labute approximate surface area is 98.0 Å². The molecule has 2 heteroatoms. The second-order valence-corrected chi connectivity index (χ2v) is 3.53. The fourth-order valence-electron chi connectivity index (χ4n) is 1.67. The molecule has 2 nitrogen and oxygen atoms in total. The summed E-state index contributed by atoms with van der Waals surface area (Å²) in [4.78, 5) is 4.13. The molecule has 1 atom stereocenters. The number of hydrogen-bond donors (Lipinski definition) is 0. The third kappa shape index (κ3) is 2.72. The van der Waals surface area contributed by atoms with E-state index >= 15 is 0 Å². The predicted molar refractivity (Wildman–Crippen MR) is 68.6 cm³/mol. The van der Waals surface area contributed by atoms with Gasteiger partial charge in [0.1, 0.15) is 0 Å². The van der Waals surface area contributed by atoms with Gasteiger partial charge in [-0.25, -0.2) is 4.98 Å². The van der Waals surface area contributed by atoms with E-state index in [4.69, 9.17) is 0 Å². The molecule has 1 unspecified atom stereocenters. The van der Waals surface area contributed by atoms with E-state index in [2.05, 4.69) is 47.7 Å². The summed E-state index contributed by atoms with van der Waals surface area (Å²) in [6.45, 7) is 8.26. The van der Waals surface area contributed by atoms with Crippen molar-refractivity contribution < 1.29 is 0 Å². The van der Waals surface area contributed by atoms with Gasteiger partial charge in [-0.05, 0) is 19.4 Å². The van der Waals surface area contributed by atoms with Crippen molar-refractivity contribution in [2.45, 2.75) is 33.7 Å². The maximum Gasteiger partial charge on any atom is 0.0953 e. The molecular formula is C14H20N2. The lowest BCUT2D eigenvalue weighted by Gasteiger charge is -2.15. The van der Waals surface area contributed by atoms with Gasteiger partial charge < -0.3 is 4.57 Å². The molecule has 2 aromatic rings. The van der Waals surface area contributed by atoms with Gasteiger partial charge in [-0.1, -0.05) is 44.2 Å². The monoisotopic (exact) mass is 216 g/mol. The van der Waals surface area contributed by atoms with Crippen LogP contribution in [-0.2, 0) is 0 Å². The Morgan fingerprint density at radius 2 is 1.75 bits per heavy atom. The van der Waals surface area contributed by atoms with E-state index in [0.29, 0.717) is 6.04 Å².